The van der Waals surface area contributed by atoms with E-state index >= 15 is 0 Å². The van der Waals surface area contributed by atoms with Gasteiger partial charge in [0.05, 0.1) is 11.3 Å². The fourth-order valence-corrected chi connectivity index (χ4v) is 2.27. The van der Waals surface area contributed by atoms with Crippen LogP contribution in [0.4, 0.5) is 11.4 Å². The van der Waals surface area contributed by atoms with Gasteiger partial charge in [-0.15, -0.1) is 0 Å². The number of hydrogen-bond donors (Lipinski definition) is 2. The van der Waals surface area contributed by atoms with Crippen molar-refractivity contribution in [2.24, 2.45) is 5.92 Å². The fraction of sp³-hybridized carbons (Fsp3) is 0.462. The number of halogens is 1. The van der Waals surface area contributed by atoms with Gasteiger partial charge in [0.2, 0.25) is 0 Å². The van der Waals surface area contributed by atoms with Crippen LogP contribution in [0.5, 0.6) is 0 Å². The Morgan fingerprint density at radius 3 is 2.55 bits per heavy atom. The van der Waals surface area contributed by atoms with Crippen molar-refractivity contribution in [2.75, 3.05) is 5.32 Å². The molecule has 0 heterocycles. The predicted molar refractivity (Wildman–Crippen MR) is 80.0 cm³/mol. The summed E-state index contributed by atoms with van der Waals surface area (Å²) in [5.74, 6) is -0.764. The lowest BCUT2D eigenvalue weighted by molar-refractivity contribution is -0.385. The summed E-state index contributed by atoms with van der Waals surface area (Å²) in [6, 6.07) is 2.83. The van der Waals surface area contributed by atoms with Crippen molar-refractivity contribution in [2.45, 2.75) is 33.2 Å². The molecule has 2 N–H and O–H groups in total. The normalized spacial score (nSPS) is 12.2. The Morgan fingerprint density at radius 2 is 2.10 bits per heavy atom. The highest BCUT2D eigenvalue weighted by Crippen LogP contribution is 2.31. The molecule has 1 aromatic carbocycles. The first kappa shape index (κ1) is 16.4. The van der Waals surface area contributed by atoms with Gasteiger partial charge in [-0.2, -0.15) is 0 Å². The number of aliphatic carboxylic acids is 1. The Balaban J connectivity index is 3.04. The van der Waals surface area contributed by atoms with Gasteiger partial charge in [-0.3, -0.25) is 14.9 Å². The molecule has 110 valence electrons. The van der Waals surface area contributed by atoms with E-state index in [-0.39, 0.29) is 24.1 Å². The van der Waals surface area contributed by atoms with Crippen molar-refractivity contribution in [3.63, 3.8) is 0 Å². The van der Waals surface area contributed by atoms with Crippen LogP contribution in [0.2, 0.25) is 0 Å². The molecule has 0 aliphatic carbocycles. The quantitative estimate of drug-likeness (QED) is 0.607. The molecule has 1 rings (SSSR count). The highest BCUT2D eigenvalue weighted by atomic mass is 79.9. The zero-order valence-corrected chi connectivity index (χ0v) is 13.1. The van der Waals surface area contributed by atoms with Gasteiger partial charge in [0.25, 0.3) is 5.69 Å². The number of benzene rings is 1. The molecule has 0 saturated heterocycles. The molecular formula is C13H17BrN2O4. The van der Waals surface area contributed by atoms with Crippen molar-refractivity contribution in [1.82, 2.24) is 0 Å². The molecule has 0 amide bonds. The third kappa shape index (κ3) is 4.19. The smallest absolute Gasteiger partial charge is 0.305 e. The first-order valence-electron chi connectivity index (χ1n) is 6.15. The van der Waals surface area contributed by atoms with Crippen LogP contribution < -0.4 is 5.32 Å². The molecule has 0 spiro atoms. The van der Waals surface area contributed by atoms with Crippen LogP contribution in [0, 0.1) is 23.0 Å². The highest BCUT2D eigenvalue weighted by Gasteiger charge is 2.20. The molecule has 1 unspecified atom stereocenters. The molecule has 0 aromatic heterocycles. The largest absolute Gasteiger partial charge is 0.481 e. The Kier molecular flexibility index (Phi) is 5.50. The van der Waals surface area contributed by atoms with Gasteiger partial charge in [-0.05, 0) is 34.8 Å². The number of carboxylic acids is 1. The van der Waals surface area contributed by atoms with Gasteiger partial charge < -0.3 is 10.4 Å². The number of nitrogens with one attached hydrogen (secondary N) is 1. The molecule has 7 heteroatoms. The molecule has 6 nitrogen and oxygen atoms in total. The zero-order valence-electron chi connectivity index (χ0n) is 11.5. The molecule has 0 aliphatic heterocycles. The molecule has 0 aliphatic rings. The van der Waals surface area contributed by atoms with Crippen molar-refractivity contribution >= 4 is 33.3 Å². The van der Waals surface area contributed by atoms with Gasteiger partial charge in [0, 0.05) is 27.8 Å². The monoisotopic (exact) mass is 344 g/mol. The summed E-state index contributed by atoms with van der Waals surface area (Å²) in [5.41, 5.74) is 1.22. The molecule has 0 fully saturated rings. The summed E-state index contributed by atoms with van der Waals surface area (Å²) in [6.45, 7) is 5.50. The number of aryl methyl sites for hydroxylation is 1. The van der Waals surface area contributed by atoms with Crippen LogP contribution in [0.15, 0.2) is 16.6 Å². The lowest BCUT2D eigenvalue weighted by Gasteiger charge is -2.23. The number of carboxylic acid groups (broad SMARTS) is 1. The van der Waals surface area contributed by atoms with E-state index in [2.05, 4.69) is 21.2 Å². The second-order valence-corrected chi connectivity index (χ2v) is 5.82. The summed E-state index contributed by atoms with van der Waals surface area (Å²) in [4.78, 5) is 21.3. The fourth-order valence-electron chi connectivity index (χ4n) is 1.82. The molecule has 0 saturated carbocycles. The number of hydrogen-bond acceptors (Lipinski definition) is 4. The second kappa shape index (κ2) is 6.69. The first-order chi connectivity index (χ1) is 9.22. The van der Waals surface area contributed by atoms with Crippen LogP contribution in [0.25, 0.3) is 0 Å². The highest BCUT2D eigenvalue weighted by molar-refractivity contribution is 9.10. The Labute approximate surface area is 125 Å². The van der Waals surface area contributed by atoms with Crippen LogP contribution in [0.1, 0.15) is 25.8 Å². The van der Waals surface area contributed by atoms with E-state index in [0.717, 1.165) is 0 Å². The third-order valence-electron chi connectivity index (χ3n) is 3.02. The number of anilines is 1. The molecular weight excluding hydrogens is 328 g/mol. The number of nitrogens with zero attached hydrogens (tertiary/aromatic N) is 1. The number of nitro benzene ring substituents is 1. The van der Waals surface area contributed by atoms with Gasteiger partial charge in [-0.1, -0.05) is 13.8 Å². The van der Waals surface area contributed by atoms with E-state index < -0.39 is 10.9 Å². The summed E-state index contributed by atoms with van der Waals surface area (Å²) in [6.07, 6.45) is -0.0137. The Morgan fingerprint density at radius 1 is 1.50 bits per heavy atom. The lowest BCUT2D eigenvalue weighted by Crippen LogP contribution is -2.28. The van der Waals surface area contributed by atoms with E-state index in [4.69, 9.17) is 5.11 Å². The van der Waals surface area contributed by atoms with Gasteiger partial charge in [0.15, 0.2) is 0 Å². The Hall–Kier alpha value is -1.63. The molecule has 0 radical (unpaired) electrons. The van der Waals surface area contributed by atoms with E-state index in [9.17, 15) is 14.9 Å². The number of carbonyl (C=O) groups is 1. The average molecular weight is 345 g/mol. The minimum Gasteiger partial charge on any atom is -0.481 e. The maximum Gasteiger partial charge on any atom is 0.305 e. The number of nitro groups is 1. The van der Waals surface area contributed by atoms with Gasteiger partial charge in [-0.25, -0.2) is 0 Å². The van der Waals surface area contributed by atoms with Gasteiger partial charge >= 0.3 is 5.97 Å². The molecule has 1 aromatic rings. The van der Waals surface area contributed by atoms with Crippen molar-refractivity contribution in [3.05, 3.63) is 32.3 Å². The van der Waals surface area contributed by atoms with E-state index in [1.807, 2.05) is 13.8 Å². The van der Waals surface area contributed by atoms with Crippen LogP contribution in [-0.4, -0.2) is 22.0 Å². The van der Waals surface area contributed by atoms with Crippen molar-refractivity contribution in [3.8, 4) is 0 Å². The average Bonchev–Trinajstić information content (AvgIpc) is 2.31. The minimum atomic E-state index is -0.883. The predicted octanol–water partition coefficient (Wildman–Crippen LogP) is 3.58. The first-order valence-corrected chi connectivity index (χ1v) is 6.94. The van der Waals surface area contributed by atoms with Crippen LogP contribution in [-0.2, 0) is 4.79 Å². The molecule has 0 bridgehead atoms. The van der Waals surface area contributed by atoms with Crippen LogP contribution >= 0.6 is 15.9 Å². The topological polar surface area (TPSA) is 92.5 Å². The van der Waals surface area contributed by atoms with E-state index in [1.54, 1.807) is 13.0 Å². The van der Waals surface area contributed by atoms with Crippen molar-refractivity contribution < 1.29 is 14.8 Å². The van der Waals surface area contributed by atoms with Crippen LogP contribution in [0.3, 0.4) is 0 Å². The Bertz CT molecular complexity index is 531. The minimum absolute atomic E-state index is 0.0137. The third-order valence-corrected chi connectivity index (χ3v) is 3.68. The lowest BCUT2D eigenvalue weighted by atomic mass is 10.0. The second-order valence-electron chi connectivity index (χ2n) is 4.97. The number of rotatable bonds is 6. The maximum absolute atomic E-state index is 10.9. The molecule has 20 heavy (non-hydrogen) atoms. The molecule has 1 atom stereocenters. The summed E-state index contributed by atoms with van der Waals surface area (Å²) in [7, 11) is 0. The maximum atomic E-state index is 10.9. The van der Waals surface area contributed by atoms with E-state index in [1.165, 1.54) is 6.07 Å². The summed E-state index contributed by atoms with van der Waals surface area (Å²) < 4.78 is 0.547. The standard InChI is InChI=1S/C13H17BrN2O4/c1-7(2)10(6-13(17)18)15-11-4-8(3)12(16(19)20)5-9(11)14/h4-5,7,10,15H,6H2,1-3H3,(H,17,18). The summed E-state index contributed by atoms with van der Waals surface area (Å²) >= 11 is 3.28. The van der Waals surface area contributed by atoms with E-state index in [0.29, 0.717) is 15.7 Å². The zero-order chi connectivity index (χ0) is 15.4. The summed E-state index contributed by atoms with van der Waals surface area (Å²) in [5, 5.41) is 22.9. The van der Waals surface area contributed by atoms with Crippen molar-refractivity contribution in [1.29, 1.82) is 0 Å². The SMILES string of the molecule is Cc1cc(NC(CC(=O)O)C(C)C)c(Br)cc1[N+](=O)[O-]. The van der Waals surface area contributed by atoms with Gasteiger partial charge in [0.1, 0.15) is 0 Å².